The summed E-state index contributed by atoms with van der Waals surface area (Å²) in [6, 6.07) is 3.75. The molecule has 1 aromatic rings. The van der Waals surface area contributed by atoms with E-state index in [1.165, 1.54) is 18.2 Å². The van der Waals surface area contributed by atoms with E-state index in [1.807, 2.05) is 0 Å². The molecule has 1 atom stereocenters. The fourth-order valence-corrected chi connectivity index (χ4v) is 5.11. The summed E-state index contributed by atoms with van der Waals surface area (Å²) in [4.78, 5) is 0.114. The molecule has 1 aromatic carbocycles. The second kappa shape index (κ2) is 5.72. The number of benzene rings is 1. The van der Waals surface area contributed by atoms with Gasteiger partial charge in [0, 0.05) is 23.3 Å². The Kier molecular flexibility index (Phi) is 4.55. The van der Waals surface area contributed by atoms with E-state index in [1.54, 1.807) is 0 Å². The molecule has 2 rings (SSSR count). The van der Waals surface area contributed by atoms with E-state index in [2.05, 4.69) is 26.0 Å². The Balaban J connectivity index is 2.32. The number of hydrogen-bond donors (Lipinski definition) is 2. The number of sulfonamides is 1. The Morgan fingerprint density at radius 3 is 2.50 bits per heavy atom. The molecule has 1 aliphatic rings. The maximum absolute atomic E-state index is 12.3. The van der Waals surface area contributed by atoms with Gasteiger partial charge in [-0.25, -0.2) is 21.6 Å². The van der Waals surface area contributed by atoms with Gasteiger partial charge in [-0.3, -0.25) is 0 Å². The van der Waals surface area contributed by atoms with E-state index in [-0.39, 0.29) is 20.3 Å². The molecule has 1 unspecified atom stereocenters. The van der Waals surface area contributed by atoms with Crippen LogP contribution in [0.2, 0.25) is 0 Å². The Morgan fingerprint density at radius 1 is 1.30 bits per heavy atom. The van der Waals surface area contributed by atoms with Crippen LogP contribution in [0.4, 0.5) is 0 Å². The van der Waals surface area contributed by atoms with Crippen LogP contribution >= 0.6 is 15.9 Å². The Labute approximate surface area is 127 Å². The summed E-state index contributed by atoms with van der Waals surface area (Å²) >= 11 is 3.13. The molecular formula is C11H15BrN2O4S2. The van der Waals surface area contributed by atoms with E-state index in [0.717, 1.165) is 19.2 Å². The minimum Gasteiger partial charge on any atom is -0.315 e. The predicted octanol–water partition coefficient (Wildman–Crippen LogP) is 0.493. The van der Waals surface area contributed by atoms with Gasteiger partial charge in [-0.2, -0.15) is 0 Å². The van der Waals surface area contributed by atoms with Gasteiger partial charge in [0.15, 0.2) is 9.84 Å². The average Bonchev–Trinajstić information content (AvgIpc) is 2.79. The van der Waals surface area contributed by atoms with Crippen molar-refractivity contribution < 1.29 is 16.8 Å². The van der Waals surface area contributed by atoms with Gasteiger partial charge in [0.2, 0.25) is 10.0 Å². The van der Waals surface area contributed by atoms with Crippen LogP contribution in [-0.4, -0.2) is 42.2 Å². The van der Waals surface area contributed by atoms with Gasteiger partial charge in [0.25, 0.3) is 0 Å². The molecule has 1 fully saturated rings. The zero-order valence-corrected chi connectivity index (χ0v) is 14.0. The summed E-state index contributed by atoms with van der Waals surface area (Å²) in [7, 11) is -7.03. The second-order valence-corrected chi connectivity index (χ2v) is 9.23. The topological polar surface area (TPSA) is 92.3 Å². The molecule has 1 saturated heterocycles. The molecule has 112 valence electrons. The highest BCUT2D eigenvalue weighted by atomic mass is 79.9. The summed E-state index contributed by atoms with van der Waals surface area (Å²) < 4.78 is 50.2. The highest BCUT2D eigenvalue weighted by Crippen LogP contribution is 2.25. The molecule has 1 heterocycles. The minimum absolute atomic E-state index is 0.0387. The van der Waals surface area contributed by atoms with Crippen molar-refractivity contribution in [3.8, 4) is 0 Å². The highest BCUT2D eigenvalue weighted by Gasteiger charge is 2.25. The van der Waals surface area contributed by atoms with Crippen LogP contribution in [-0.2, 0) is 19.9 Å². The van der Waals surface area contributed by atoms with Crippen LogP contribution in [0.15, 0.2) is 32.5 Å². The van der Waals surface area contributed by atoms with E-state index in [9.17, 15) is 16.8 Å². The van der Waals surface area contributed by atoms with Gasteiger partial charge in [0.05, 0.1) is 9.79 Å². The van der Waals surface area contributed by atoms with E-state index < -0.39 is 19.9 Å². The molecule has 0 aliphatic carbocycles. The van der Waals surface area contributed by atoms with E-state index in [4.69, 9.17) is 0 Å². The summed E-state index contributed by atoms with van der Waals surface area (Å²) in [5.74, 6) is 0. The molecular weight excluding hydrogens is 368 g/mol. The fraction of sp³-hybridized carbons (Fsp3) is 0.455. The van der Waals surface area contributed by atoms with Gasteiger partial charge < -0.3 is 5.32 Å². The zero-order chi connectivity index (χ0) is 15.0. The first-order chi connectivity index (χ1) is 9.20. The molecule has 1 aliphatic heterocycles. The molecule has 9 heteroatoms. The van der Waals surface area contributed by atoms with Crippen LogP contribution in [0.5, 0.6) is 0 Å². The summed E-state index contributed by atoms with van der Waals surface area (Å²) in [5.41, 5.74) is 0. The van der Waals surface area contributed by atoms with Crippen LogP contribution in [0.3, 0.4) is 0 Å². The van der Waals surface area contributed by atoms with Gasteiger partial charge >= 0.3 is 0 Å². The second-order valence-electron chi connectivity index (χ2n) is 4.68. The number of hydrogen-bond acceptors (Lipinski definition) is 5. The van der Waals surface area contributed by atoms with Crippen molar-refractivity contribution in [3.63, 3.8) is 0 Å². The Hall–Kier alpha value is -0.480. The van der Waals surface area contributed by atoms with Crippen LogP contribution in [0.25, 0.3) is 0 Å². The van der Waals surface area contributed by atoms with E-state index >= 15 is 0 Å². The maximum Gasteiger partial charge on any atom is 0.241 e. The maximum atomic E-state index is 12.3. The van der Waals surface area contributed by atoms with E-state index in [0.29, 0.717) is 6.54 Å². The van der Waals surface area contributed by atoms with Gasteiger partial charge in [0.1, 0.15) is 0 Å². The normalized spacial score (nSPS) is 20.2. The standard InChI is InChI=1S/C11H15BrN2O4S2/c1-19(15,16)9-2-3-11(10(12)6-9)20(17,18)14-8-4-5-13-7-8/h2-3,6,8,13-14H,4-5,7H2,1H3. The molecule has 0 aromatic heterocycles. The minimum atomic E-state index is -3.67. The first kappa shape index (κ1) is 15.9. The Morgan fingerprint density at radius 2 is 2.00 bits per heavy atom. The smallest absolute Gasteiger partial charge is 0.241 e. The molecule has 0 radical (unpaired) electrons. The molecule has 20 heavy (non-hydrogen) atoms. The molecule has 6 nitrogen and oxygen atoms in total. The highest BCUT2D eigenvalue weighted by molar-refractivity contribution is 9.10. The van der Waals surface area contributed by atoms with Gasteiger partial charge in [-0.05, 0) is 47.1 Å². The van der Waals surface area contributed by atoms with Gasteiger partial charge in [-0.15, -0.1) is 0 Å². The van der Waals surface area contributed by atoms with Crippen molar-refractivity contribution in [1.29, 1.82) is 0 Å². The molecule has 0 amide bonds. The number of rotatable bonds is 4. The van der Waals surface area contributed by atoms with Gasteiger partial charge in [-0.1, -0.05) is 0 Å². The third-order valence-corrected chi connectivity index (χ3v) is 6.61. The molecule has 0 saturated carbocycles. The zero-order valence-electron chi connectivity index (χ0n) is 10.8. The SMILES string of the molecule is CS(=O)(=O)c1ccc(S(=O)(=O)NC2CCNC2)c(Br)c1. The summed E-state index contributed by atoms with van der Waals surface area (Å²) in [6.07, 6.45) is 1.81. The first-order valence-corrected chi connectivity index (χ1v) is 10.1. The predicted molar refractivity (Wildman–Crippen MR) is 78.8 cm³/mol. The molecule has 0 spiro atoms. The first-order valence-electron chi connectivity index (χ1n) is 5.93. The third-order valence-electron chi connectivity index (χ3n) is 3.00. The van der Waals surface area contributed by atoms with Crippen molar-refractivity contribution in [2.24, 2.45) is 0 Å². The van der Waals surface area contributed by atoms with Crippen molar-refractivity contribution >= 4 is 35.8 Å². The lowest BCUT2D eigenvalue weighted by Crippen LogP contribution is -2.36. The molecule has 2 N–H and O–H groups in total. The van der Waals surface area contributed by atoms with Crippen LogP contribution in [0, 0.1) is 0 Å². The average molecular weight is 383 g/mol. The van der Waals surface area contributed by atoms with Crippen molar-refractivity contribution in [2.45, 2.75) is 22.3 Å². The summed E-state index contributed by atoms with van der Waals surface area (Å²) in [5, 5.41) is 3.07. The number of nitrogens with one attached hydrogen (secondary N) is 2. The van der Waals surface area contributed by atoms with Crippen LogP contribution in [0.1, 0.15) is 6.42 Å². The Bertz CT molecular complexity index is 710. The van der Waals surface area contributed by atoms with Crippen molar-refractivity contribution in [1.82, 2.24) is 10.0 Å². The lowest BCUT2D eigenvalue weighted by atomic mass is 10.3. The largest absolute Gasteiger partial charge is 0.315 e. The van der Waals surface area contributed by atoms with Crippen molar-refractivity contribution in [2.75, 3.05) is 19.3 Å². The fourth-order valence-electron chi connectivity index (χ4n) is 1.97. The summed E-state index contributed by atoms with van der Waals surface area (Å²) in [6.45, 7) is 1.37. The quantitative estimate of drug-likeness (QED) is 0.790. The lowest BCUT2D eigenvalue weighted by molar-refractivity contribution is 0.559. The number of sulfone groups is 1. The lowest BCUT2D eigenvalue weighted by Gasteiger charge is -2.13. The van der Waals surface area contributed by atoms with Crippen LogP contribution < -0.4 is 10.0 Å². The molecule has 0 bridgehead atoms. The van der Waals surface area contributed by atoms with Crippen molar-refractivity contribution in [3.05, 3.63) is 22.7 Å². The monoisotopic (exact) mass is 382 g/mol. The number of halogens is 1. The third kappa shape index (κ3) is 3.59.